The highest BCUT2D eigenvalue weighted by molar-refractivity contribution is 5.49. The summed E-state index contributed by atoms with van der Waals surface area (Å²) in [7, 11) is 2.74. The van der Waals surface area contributed by atoms with E-state index < -0.39 is 4.92 Å². The third-order valence-electron chi connectivity index (χ3n) is 2.45. The maximum atomic E-state index is 11.0. The standard InChI is InChI=1S/C12H12N4O5/c1-7-4-5-8(16(17)18)9(6-7)21-12-14-10(19-2)13-11(15-12)20-3/h4-6H,1-3H3. The molecule has 0 aliphatic heterocycles. The number of rotatable bonds is 5. The summed E-state index contributed by atoms with van der Waals surface area (Å²) >= 11 is 0. The molecule has 0 saturated carbocycles. The minimum atomic E-state index is -0.551. The molecule has 0 amide bonds. The van der Waals surface area contributed by atoms with Gasteiger partial charge in [0.2, 0.25) is 5.75 Å². The zero-order valence-electron chi connectivity index (χ0n) is 11.6. The van der Waals surface area contributed by atoms with Crippen molar-refractivity contribution in [2.45, 2.75) is 6.92 Å². The summed E-state index contributed by atoms with van der Waals surface area (Å²) in [5, 5.41) is 11.0. The van der Waals surface area contributed by atoms with Crippen molar-refractivity contribution in [1.82, 2.24) is 15.0 Å². The molecule has 0 N–H and O–H groups in total. The SMILES string of the molecule is COc1nc(OC)nc(Oc2cc(C)ccc2[N+](=O)[O-])n1. The van der Waals surface area contributed by atoms with E-state index in [1.54, 1.807) is 13.0 Å². The van der Waals surface area contributed by atoms with Gasteiger partial charge in [0, 0.05) is 6.07 Å². The van der Waals surface area contributed by atoms with Gasteiger partial charge in [-0.1, -0.05) is 6.07 Å². The summed E-state index contributed by atoms with van der Waals surface area (Å²) in [4.78, 5) is 22.0. The predicted octanol–water partition coefficient (Wildman–Crippen LogP) is 1.90. The summed E-state index contributed by atoms with van der Waals surface area (Å²) < 4.78 is 15.1. The Morgan fingerprint density at radius 3 is 2.14 bits per heavy atom. The van der Waals surface area contributed by atoms with Gasteiger partial charge in [-0.3, -0.25) is 10.1 Å². The molecule has 0 fully saturated rings. The average molecular weight is 292 g/mol. The molecule has 9 nitrogen and oxygen atoms in total. The second kappa shape index (κ2) is 5.99. The Balaban J connectivity index is 2.42. The van der Waals surface area contributed by atoms with Crippen LogP contribution < -0.4 is 14.2 Å². The molecule has 1 heterocycles. The third-order valence-corrected chi connectivity index (χ3v) is 2.45. The van der Waals surface area contributed by atoms with Gasteiger partial charge in [0.15, 0.2) is 0 Å². The Hall–Kier alpha value is -2.97. The molecule has 110 valence electrons. The van der Waals surface area contributed by atoms with Gasteiger partial charge in [0.05, 0.1) is 19.1 Å². The fraction of sp³-hybridized carbons (Fsp3) is 0.250. The summed E-state index contributed by atoms with van der Waals surface area (Å²) in [6, 6.07) is 4.27. The number of hydrogen-bond donors (Lipinski definition) is 0. The van der Waals surface area contributed by atoms with E-state index in [1.807, 2.05) is 0 Å². The lowest BCUT2D eigenvalue weighted by molar-refractivity contribution is -0.385. The number of nitrogens with zero attached hydrogens (tertiary/aromatic N) is 4. The molecule has 9 heteroatoms. The molecule has 0 radical (unpaired) electrons. The maximum absolute atomic E-state index is 11.0. The minimum absolute atomic E-state index is 0.0212. The maximum Gasteiger partial charge on any atom is 0.331 e. The molecule has 1 aromatic carbocycles. The number of methoxy groups -OCH3 is 2. The van der Waals surface area contributed by atoms with Crippen molar-refractivity contribution in [3.8, 4) is 23.8 Å². The number of aromatic nitrogens is 3. The number of nitro groups is 1. The second-order valence-electron chi connectivity index (χ2n) is 3.92. The summed E-state index contributed by atoms with van der Waals surface area (Å²) in [5.74, 6) is 0.0234. The largest absolute Gasteiger partial charge is 0.467 e. The lowest BCUT2D eigenvalue weighted by Gasteiger charge is -2.07. The van der Waals surface area contributed by atoms with Crippen LogP contribution in [-0.4, -0.2) is 34.1 Å². The molecule has 0 aliphatic carbocycles. The highest BCUT2D eigenvalue weighted by Gasteiger charge is 2.18. The Bertz CT molecular complexity index is 654. The van der Waals surface area contributed by atoms with Crippen LogP contribution in [0.4, 0.5) is 5.69 Å². The van der Waals surface area contributed by atoms with E-state index in [0.717, 1.165) is 5.56 Å². The van der Waals surface area contributed by atoms with Gasteiger partial charge in [-0.05, 0) is 18.6 Å². The van der Waals surface area contributed by atoms with E-state index in [2.05, 4.69) is 15.0 Å². The molecular weight excluding hydrogens is 280 g/mol. The smallest absolute Gasteiger partial charge is 0.331 e. The molecule has 2 aromatic rings. The van der Waals surface area contributed by atoms with E-state index in [9.17, 15) is 10.1 Å². The van der Waals surface area contributed by atoms with E-state index in [0.29, 0.717) is 0 Å². The predicted molar refractivity (Wildman–Crippen MR) is 70.8 cm³/mol. The van der Waals surface area contributed by atoms with Crippen LogP contribution in [0.1, 0.15) is 5.56 Å². The third kappa shape index (κ3) is 3.32. The first-order chi connectivity index (χ1) is 10.0. The monoisotopic (exact) mass is 292 g/mol. The molecule has 0 atom stereocenters. The zero-order chi connectivity index (χ0) is 15.4. The van der Waals surface area contributed by atoms with Crippen molar-refractivity contribution in [2.24, 2.45) is 0 Å². The van der Waals surface area contributed by atoms with Gasteiger partial charge in [-0.15, -0.1) is 15.0 Å². The average Bonchev–Trinajstić information content (AvgIpc) is 2.46. The van der Waals surface area contributed by atoms with Crippen molar-refractivity contribution < 1.29 is 19.1 Å². The number of ether oxygens (including phenoxy) is 3. The van der Waals surface area contributed by atoms with Crippen molar-refractivity contribution in [1.29, 1.82) is 0 Å². The Morgan fingerprint density at radius 1 is 1.05 bits per heavy atom. The van der Waals surface area contributed by atoms with Crippen LogP contribution in [0.3, 0.4) is 0 Å². The van der Waals surface area contributed by atoms with Gasteiger partial charge in [0.1, 0.15) is 0 Å². The molecular formula is C12H12N4O5. The normalized spacial score (nSPS) is 10.0. The molecule has 0 saturated heterocycles. The van der Waals surface area contributed by atoms with Crippen LogP contribution >= 0.6 is 0 Å². The van der Waals surface area contributed by atoms with E-state index in [4.69, 9.17) is 14.2 Å². The minimum Gasteiger partial charge on any atom is -0.467 e. The van der Waals surface area contributed by atoms with Gasteiger partial charge in [-0.2, -0.15) is 0 Å². The molecule has 0 bridgehead atoms. The highest BCUT2D eigenvalue weighted by Crippen LogP contribution is 2.31. The first kappa shape index (κ1) is 14.4. The number of hydrogen-bond acceptors (Lipinski definition) is 8. The molecule has 1 aromatic heterocycles. The number of aryl methyl sites for hydroxylation is 1. The lowest BCUT2D eigenvalue weighted by Crippen LogP contribution is -2.02. The first-order valence-corrected chi connectivity index (χ1v) is 5.80. The lowest BCUT2D eigenvalue weighted by atomic mass is 10.2. The van der Waals surface area contributed by atoms with Crippen LogP contribution in [-0.2, 0) is 0 Å². The fourth-order valence-electron chi connectivity index (χ4n) is 1.50. The Labute approximate surface area is 119 Å². The Kier molecular flexibility index (Phi) is 4.12. The molecule has 0 unspecified atom stereocenters. The molecule has 0 aliphatic rings. The van der Waals surface area contributed by atoms with Crippen molar-refractivity contribution in [2.75, 3.05) is 14.2 Å². The van der Waals surface area contributed by atoms with Crippen LogP contribution in [0.5, 0.6) is 23.8 Å². The summed E-state index contributed by atoms with van der Waals surface area (Å²) in [6.45, 7) is 1.78. The summed E-state index contributed by atoms with van der Waals surface area (Å²) in [5.41, 5.74) is 0.600. The zero-order valence-corrected chi connectivity index (χ0v) is 11.6. The van der Waals surface area contributed by atoms with Gasteiger partial charge < -0.3 is 14.2 Å². The fourth-order valence-corrected chi connectivity index (χ4v) is 1.50. The van der Waals surface area contributed by atoms with Crippen LogP contribution in [0.15, 0.2) is 18.2 Å². The van der Waals surface area contributed by atoms with Gasteiger partial charge in [0.25, 0.3) is 0 Å². The molecule has 2 rings (SSSR count). The quantitative estimate of drug-likeness (QED) is 0.607. The Morgan fingerprint density at radius 2 is 1.62 bits per heavy atom. The van der Waals surface area contributed by atoms with Crippen LogP contribution in [0.25, 0.3) is 0 Å². The first-order valence-electron chi connectivity index (χ1n) is 5.80. The molecule has 0 spiro atoms. The van der Waals surface area contributed by atoms with Crippen molar-refractivity contribution in [3.63, 3.8) is 0 Å². The van der Waals surface area contributed by atoms with E-state index in [-0.39, 0.29) is 29.5 Å². The van der Waals surface area contributed by atoms with E-state index >= 15 is 0 Å². The van der Waals surface area contributed by atoms with Gasteiger partial charge >= 0.3 is 23.7 Å². The van der Waals surface area contributed by atoms with E-state index in [1.165, 1.54) is 26.4 Å². The topological polar surface area (TPSA) is 110 Å². The van der Waals surface area contributed by atoms with Crippen molar-refractivity contribution >= 4 is 5.69 Å². The highest BCUT2D eigenvalue weighted by atomic mass is 16.6. The number of benzene rings is 1. The van der Waals surface area contributed by atoms with Crippen molar-refractivity contribution in [3.05, 3.63) is 33.9 Å². The molecule has 21 heavy (non-hydrogen) atoms. The summed E-state index contributed by atoms with van der Waals surface area (Å²) in [6.07, 6.45) is 0. The number of nitro benzene ring substituents is 1. The van der Waals surface area contributed by atoms with Crippen LogP contribution in [0, 0.1) is 17.0 Å². The van der Waals surface area contributed by atoms with Crippen LogP contribution in [0.2, 0.25) is 0 Å². The van der Waals surface area contributed by atoms with Gasteiger partial charge in [-0.25, -0.2) is 0 Å². The second-order valence-corrected chi connectivity index (χ2v) is 3.92.